The molecule has 148 valence electrons. The summed E-state index contributed by atoms with van der Waals surface area (Å²) < 4.78 is 19.8. The van der Waals surface area contributed by atoms with Crippen LogP contribution in [0.25, 0.3) is 10.2 Å². The van der Waals surface area contributed by atoms with Gasteiger partial charge in [-0.1, -0.05) is 11.3 Å². The Hall–Kier alpha value is -2.51. The molecule has 0 aliphatic heterocycles. The summed E-state index contributed by atoms with van der Waals surface area (Å²) in [4.78, 5) is 20.8. The van der Waals surface area contributed by atoms with Crippen LogP contribution in [0.2, 0.25) is 0 Å². The molecule has 0 aliphatic rings. The van der Waals surface area contributed by atoms with Gasteiger partial charge in [0, 0.05) is 18.5 Å². The molecule has 3 rings (SSSR count). The molecular weight excluding hydrogens is 377 g/mol. The highest BCUT2D eigenvalue weighted by molar-refractivity contribution is 7.22. The molecule has 0 aliphatic carbocycles. The van der Waals surface area contributed by atoms with Gasteiger partial charge in [0.2, 0.25) is 0 Å². The van der Waals surface area contributed by atoms with Gasteiger partial charge in [-0.15, -0.1) is 0 Å². The summed E-state index contributed by atoms with van der Waals surface area (Å²) in [5, 5.41) is 0.645. The maximum Gasteiger partial charge on any atom is 0.260 e. The van der Waals surface area contributed by atoms with Gasteiger partial charge in [0.15, 0.2) is 5.13 Å². The molecule has 1 amide bonds. The van der Waals surface area contributed by atoms with Crippen molar-refractivity contribution in [1.29, 1.82) is 0 Å². The monoisotopic (exact) mass is 402 g/mol. The molecule has 0 fully saturated rings. The zero-order valence-electron chi connectivity index (χ0n) is 16.4. The molecule has 0 saturated heterocycles. The molecule has 28 heavy (non-hydrogen) atoms. The third-order valence-corrected chi connectivity index (χ3v) is 5.33. The molecule has 0 radical (unpaired) electrons. The molecule has 1 aromatic heterocycles. The fourth-order valence-corrected chi connectivity index (χ4v) is 3.91. The highest BCUT2D eigenvalue weighted by Gasteiger charge is 2.21. The zero-order valence-corrected chi connectivity index (χ0v) is 17.2. The highest BCUT2D eigenvalue weighted by atomic mass is 32.1. The minimum Gasteiger partial charge on any atom is -0.494 e. The van der Waals surface area contributed by atoms with Crippen LogP contribution in [0, 0.1) is 5.82 Å². The second-order valence-corrected chi connectivity index (χ2v) is 7.84. The van der Waals surface area contributed by atoms with Gasteiger partial charge < -0.3 is 9.64 Å². The molecule has 0 unspecified atom stereocenters. The molecule has 0 spiro atoms. The topological polar surface area (TPSA) is 46.9 Å². The quantitative estimate of drug-likeness (QED) is 0.630. The fourth-order valence-electron chi connectivity index (χ4n) is 2.89. The van der Waals surface area contributed by atoms with Crippen molar-refractivity contribution in [3.63, 3.8) is 0 Å². The maximum absolute atomic E-state index is 13.3. The van der Waals surface area contributed by atoms with Crippen LogP contribution in [-0.4, -0.2) is 44.7 Å². The minimum absolute atomic E-state index is 0.169. The summed E-state index contributed by atoms with van der Waals surface area (Å²) in [5.41, 5.74) is 1.28. The lowest BCUT2D eigenvalue weighted by Gasteiger charge is -2.20. The second kappa shape index (κ2) is 9.12. The van der Waals surface area contributed by atoms with Crippen LogP contribution in [-0.2, 0) is 0 Å². The van der Waals surface area contributed by atoms with E-state index in [9.17, 15) is 9.18 Å². The number of fused-ring (bicyclic) bond motifs is 1. The largest absolute Gasteiger partial charge is 0.494 e. The summed E-state index contributed by atoms with van der Waals surface area (Å²) in [6.45, 7) is 4.03. The molecule has 7 heteroatoms. The van der Waals surface area contributed by atoms with Gasteiger partial charge in [-0.3, -0.25) is 9.69 Å². The Morgan fingerprint density at radius 1 is 1.21 bits per heavy atom. The number of rotatable bonds is 8. The number of benzene rings is 2. The van der Waals surface area contributed by atoms with Crippen LogP contribution in [0.15, 0.2) is 42.5 Å². The Morgan fingerprint density at radius 2 is 1.96 bits per heavy atom. The van der Waals surface area contributed by atoms with E-state index in [1.807, 2.05) is 25.1 Å². The molecule has 2 aromatic carbocycles. The van der Waals surface area contributed by atoms with E-state index in [1.165, 1.54) is 40.5 Å². The Morgan fingerprint density at radius 3 is 2.64 bits per heavy atom. The highest BCUT2D eigenvalue weighted by Crippen LogP contribution is 2.32. The first-order valence-corrected chi connectivity index (χ1v) is 10.2. The fraction of sp³-hybridized carbons (Fsp3) is 0.333. The predicted octanol–water partition coefficient (Wildman–Crippen LogP) is 3.02. The maximum atomic E-state index is 13.3. The van der Waals surface area contributed by atoms with Crippen LogP contribution >= 0.6 is 11.3 Å². The van der Waals surface area contributed by atoms with Crippen molar-refractivity contribution in [2.75, 3.05) is 38.7 Å². The van der Waals surface area contributed by atoms with Gasteiger partial charge in [-0.2, -0.15) is 0 Å². The normalized spacial score (nSPS) is 11.2. The molecule has 1 N–H and O–H groups in total. The molecule has 1 heterocycles. The number of ether oxygens (including phenoxy) is 1. The summed E-state index contributed by atoms with van der Waals surface area (Å²) in [6, 6.07) is 11.4. The number of hydrogen-bond donors (Lipinski definition) is 1. The molecular formula is C21H25FN3O2S+. The number of amides is 1. The number of anilines is 1. The van der Waals surface area contributed by atoms with E-state index in [-0.39, 0.29) is 11.7 Å². The first kappa shape index (κ1) is 20.2. The summed E-state index contributed by atoms with van der Waals surface area (Å²) >= 11 is 1.46. The standard InChI is InChI=1S/C21H24FN3O2S/c1-4-27-17-10-11-18-19(14-17)28-21(23-18)25(13-5-12-24(2)3)20(26)15-6-8-16(22)9-7-15/h6-11,14H,4-5,12-13H2,1-3H3/p+1. The van der Waals surface area contributed by atoms with Crippen molar-refractivity contribution in [3.05, 3.63) is 53.8 Å². The van der Waals surface area contributed by atoms with E-state index >= 15 is 0 Å². The van der Waals surface area contributed by atoms with Crippen molar-refractivity contribution in [2.24, 2.45) is 0 Å². The number of thiazole rings is 1. The molecule has 3 aromatic rings. The van der Waals surface area contributed by atoms with Gasteiger partial charge >= 0.3 is 0 Å². The van der Waals surface area contributed by atoms with E-state index < -0.39 is 0 Å². The van der Waals surface area contributed by atoms with Crippen LogP contribution in [0.5, 0.6) is 5.75 Å². The summed E-state index contributed by atoms with van der Waals surface area (Å²) in [6.07, 6.45) is 0.843. The number of halogens is 1. The molecule has 0 saturated carbocycles. The van der Waals surface area contributed by atoms with E-state index in [0.717, 1.165) is 28.9 Å². The Bertz CT molecular complexity index is 940. The van der Waals surface area contributed by atoms with Crippen LogP contribution in [0.4, 0.5) is 9.52 Å². The van der Waals surface area contributed by atoms with Gasteiger partial charge in [-0.05, 0) is 49.4 Å². The van der Waals surface area contributed by atoms with Crippen molar-refractivity contribution < 1.29 is 18.8 Å². The Balaban J connectivity index is 1.92. The number of carbonyl (C=O) groups is 1. The lowest BCUT2D eigenvalue weighted by molar-refractivity contribution is -0.858. The first-order chi connectivity index (χ1) is 13.5. The minimum atomic E-state index is -0.359. The lowest BCUT2D eigenvalue weighted by atomic mass is 10.2. The summed E-state index contributed by atoms with van der Waals surface area (Å²) in [7, 11) is 4.16. The third kappa shape index (κ3) is 4.85. The van der Waals surface area contributed by atoms with Gasteiger partial charge in [0.05, 0.1) is 37.5 Å². The third-order valence-electron chi connectivity index (χ3n) is 4.29. The van der Waals surface area contributed by atoms with Crippen molar-refractivity contribution >= 4 is 32.6 Å². The lowest BCUT2D eigenvalue weighted by Crippen LogP contribution is -3.05. The number of nitrogens with one attached hydrogen (secondary N) is 1. The van der Waals surface area contributed by atoms with Gasteiger partial charge in [-0.25, -0.2) is 9.37 Å². The average molecular weight is 403 g/mol. The second-order valence-electron chi connectivity index (χ2n) is 6.83. The van der Waals surface area contributed by atoms with Crippen LogP contribution < -0.4 is 14.5 Å². The Labute approximate surface area is 168 Å². The van der Waals surface area contributed by atoms with E-state index in [0.29, 0.717) is 23.8 Å². The van der Waals surface area contributed by atoms with Gasteiger partial charge in [0.25, 0.3) is 5.91 Å². The number of hydrogen-bond acceptors (Lipinski definition) is 4. The molecule has 0 bridgehead atoms. The average Bonchev–Trinajstić information content (AvgIpc) is 3.08. The van der Waals surface area contributed by atoms with Crippen molar-refractivity contribution in [2.45, 2.75) is 13.3 Å². The van der Waals surface area contributed by atoms with E-state index in [1.54, 1.807) is 4.90 Å². The number of carbonyl (C=O) groups excluding carboxylic acids is 1. The van der Waals surface area contributed by atoms with Crippen LogP contribution in [0.1, 0.15) is 23.7 Å². The van der Waals surface area contributed by atoms with E-state index in [4.69, 9.17) is 4.74 Å². The molecule has 5 nitrogen and oxygen atoms in total. The van der Waals surface area contributed by atoms with E-state index in [2.05, 4.69) is 19.1 Å². The first-order valence-electron chi connectivity index (χ1n) is 9.37. The van der Waals surface area contributed by atoms with Crippen LogP contribution in [0.3, 0.4) is 0 Å². The van der Waals surface area contributed by atoms with Crippen molar-refractivity contribution in [3.8, 4) is 5.75 Å². The Kier molecular flexibility index (Phi) is 6.59. The SMILES string of the molecule is CCOc1ccc2nc(N(CCC[NH+](C)C)C(=O)c3ccc(F)cc3)sc2c1. The van der Waals surface area contributed by atoms with Crippen molar-refractivity contribution in [1.82, 2.24) is 4.98 Å². The number of nitrogens with zero attached hydrogens (tertiary/aromatic N) is 2. The van der Waals surface area contributed by atoms with Gasteiger partial charge in [0.1, 0.15) is 11.6 Å². The smallest absolute Gasteiger partial charge is 0.260 e. The zero-order chi connectivity index (χ0) is 20.1. The summed E-state index contributed by atoms with van der Waals surface area (Å²) in [5.74, 6) is 0.262. The number of aromatic nitrogens is 1. The molecule has 0 atom stereocenters. The number of quaternary nitrogens is 1. The predicted molar refractivity (Wildman–Crippen MR) is 111 cm³/mol.